The van der Waals surface area contributed by atoms with Gasteiger partial charge in [-0.3, -0.25) is 19.3 Å². The van der Waals surface area contributed by atoms with E-state index in [0.717, 1.165) is 4.90 Å². The monoisotopic (exact) mass is 486 g/mol. The van der Waals surface area contributed by atoms with Gasteiger partial charge in [0, 0.05) is 13.1 Å². The van der Waals surface area contributed by atoms with E-state index in [9.17, 15) is 49.5 Å². The van der Waals surface area contributed by atoms with Crippen LogP contribution in [0, 0.1) is 0 Å². The standard InChI is InChI=1S/C16H26N2O15/c19-6-7(20)11(27)12(28)13(29)16(32)33-14(15(30)31)18(5-10(25)26)2-1-17(3-8(21)22)4-9(23)24/h7,11-14,19-20,27-29H,1-6H2,(H,21,22)(H,23,24)(H,25,26)(H,30,31). The van der Waals surface area contributed by atoms with Crippen LogP contribution in [0.25, 0.3) is 0 Å². The predicted molar refractivity (Wildman–Crippen MR) is 99.5 cm³/mol. The van der Waals surface area contributed by atoms with E-state index >= 15 is 0 Å². The maximum Gasteiger partial charge on any atom is 0.360 e. The fraction of sp³-hybridized carbons (Fsp3) is 0.688. The quantitative estimate of drug-likeness (QED) is 0.0683. The summed E-state index contributed by atoms with van der Waals surface area (Å²) in [7, 11) is 0. The molecule has 17 nitrogen and oxygen atoms in total. The number of ether oxygens (including phenoxy) is 1. The molecule has 0 heterocycles. The van der Waals surface area contributed by atoms with Gasteiger partial charge in [0.2, 0.25) is 0 Å². The molecule has 0 aromatic rings. The fourth-order valence-electron chi connectivity index (χ4n) is 2.44. The number of rotatable bonds is 17. The fourth-order valence-corrected chi connectivity index (χ4v) is 2.44. The summed E-state index contributed by atoms with van der Waals surface area (Å²) >= 11 is 0. The average Bonchev–Trinajstić information content (AvgIpc) is 2.71. The Morgan fingerprint density at radius 2 is 1.21 bits per heavy atom. The van der Waals surface area contributed by atoms with Crippen molar-refractivity contribution in [2.75, 3.05) is 39.3 Å². The molecule has 0 aromatic carbocycles. The average molecular weight is 486 g/mol. The Morgan fingerprint density at radius 1 is 0.727 bits per heavy atom. The van der Waals surface area contributed by atoms with Crippen molar-refractivity contribution in [3.63, 3.8) is 0 Å². The van der Waals surface area contributed by atoms with Crippen LogP contribution in [0.4, 0.5) is 0 Å². The zero-order valence-electron chi connectivity index (χ0n) is 17.0. The molecule has 0 aliphatic rings. The molecule has 0 saturated carbocycles. The SMILES string of the molecule is O=C(O)CN(CCN(CC(=O)O)C(OC(=O)C(O)C(O)C(O)C(O)CO)C(=O)O)CC(=O)O. The van der Waals surface area contributed by atoms with E-state index in [0.29, 0.717) is 4.90 Å². The number of carboxylic acids is 4. The third kappa shape index (κ3) is 11.0. The molecular formula is C16H26N2O15. The van der Waals surface area contributed by atoms with Gasteiger partial charge in [0.05, 0.1) is 19.7 Å². The van der Waals surface area contributed by atoms with E-state index in [1.165, 1.54) is 0 Å². The third-order valence-electron chi connectivity index (χ3n) is 4.03. The van der Waals surface area contributed by atoms with Gasteiger partial charge in [-0.25, -0.2) is 14.5 Å². The van der Waals surface area contributed by atoms with Gasteiger partial charge in [-0.05, 0) is 0 Å². The predicted octanol–water partition coefficient (Wildman–Crippen LogP) is -5.77. The number of aliphatic hydroxyl groups is 5. The lowest BCUT2D eigenvalue weighted by atomic mass is 10.0. The topological polar surface area (TPSA) is 283 Å². The first-order valence-electron chi connectivity index (χ1n) is 9.09. The van der Waals surface area contributed by atoms with Gasteiger partial charge in [-0.1, -0.05) is 0 Å². The van der Waals surface area contributed by atoms with Gasteiger partial charge in [-0.2, -0.15) is 0 Å². The van der Waals surface area contributed by atoms with Crippen molar-refractivity contribution in [3.8, 4) is 0 Å². The molecule has 17 heteroatoms. The van der Waals surface area contributed by atoms with Crippen LogP contribution >= 0.6 is 0 Å². The lowest BCUT2D eigenvalue weighted by Crippen LogP contribution is -2.53. The number of carbonyl (C=O) groups excluding carboxylic acids is 1. The van der Waals surface area contributed by atoms with E-state index in [4.69, 9.17) is 20.4 Å². The lowest BCUT2D eigenvalue weighted by molar-refractivity contribution is -0.193. The number of esters is 1. The Hall–Kier alpha value is -2.93. The number of aliphatic carboxylic acids is 4. The molecule has 0 rings (SSSR count). The van der Waals surface area contributed by atoms with Gasteiger partial charge in [0.1, 0.15) is 24.9 Å². The Balaban J connectivity index is 5.53. The van der Waals surface area contributed by atoms with Crippen molar-refractivity contribution in [2.45, 2.75) is 30.6 Å². The number of hydrogen-bond acceptors (Lipinski definition) is 13. The van der Waals surface area contributed by atoms with Crippen molar-refractivity contribution in [1.82, 2.24) is 9.80 Å². The maximum absolute atomic E-state index is 12.0. The number of nitrogens with zero attached hydrogens (tertiary/aromatic N) is 2. The first kappa shape index (κ1) is 30.1. The highest BCUT2D eigenvalue weighted by Crippen LogP contribution is 2.11. The summed E-state index contributed by atoms with van der Waals surface area (Å²) < 4.78 is 4.52. The van der Waals surface area contributed by atoms with Crippen molar-refractivity contribution in [1.29, 1.82) is 0 Å². The third-order valence-corrected chi connectivity index (χ3v) is 4.03. The van der Waals surface area contributed by atoms with Crippen molar-refractivity contribution in [2.24, 2.45) is 0 Å². The molecule has 0 bridgehead atoms. The Labute approximate surface area is 185 Å². The van der Waals surface area contributed by atoms with E-state index in [2.05, 4.69) is 4.74 Å². The van der Waals surface area contributed by atoms with Crippen LogP contribution in [0.5, 0.6) is 0 Å². The molecule has 5 unspecified atom stereocenters. The second-order valence-corrected chi connectivity index (χ2v) is 6.67. The zero-order chi connectivity index (χ0) is 25.9. The van der Waals surface area contributed by atoms with Gasteiger partial charge < -0.3 is 50.7 Å². The highest BCUT2D eigenvalue weighted by Gasteiger charge is 2.39. The summed E-state index contributed by atoms with van der Waals surface area (Å²) in [6, 6.07) is 0. The summed E-state index contributed by atoms with van der Waals surface area (Å²) in [6.45, 7) is -4.83. The first-order valence-corrected chi connectivity index (χ1v) is 9.09. The Morgan fingerprint density at radius 3 is 1.61 bits per heavy atom. The molecule has 0 radical (unpaired) electrons. The minimum Gasteiger partial charge on any atom is -0.480 e. The number of carbonyl (C=O) groups is 5. The van der Waals surface area contributed by atoms with Crippen LogP contribution in [0.3, 0.4) is 0 Å². The second kappa shape index (κ2) is 14.3. The van der Waals surface area contributed by atoms with Gasteiger partial charge >= 0.3 is 29.8 Å². The summed E-state index contributed by atoms with van der Waals surface area (Å²) in [6.07, 6.45) is -11.7. The van der Waals surface area contributed by atoms with Crippen LogP contribution in [-0.4, -0.2) is 156 Å². The molecule has 0 aliphatic heterocycles. The van der Waals surface area contributed by atoms with Crippen LogP contribution in [0.15, 0.2) is 0 Å². The van der Waals surface area contributed by atoms with Crippen LogP contribution in [0.2, 0.25) is 0 Å². The van der Waals surface area contributed by atoms with E-state index in [1.54, 1.807) is 0 Å². The molecule has 190 valence electrons. The summed E-state index contributed by atoms with van der Waals surface area (Å²) in [5, 5.41) is 83.0. The summed E-state index contributed by atoms with van der Waals surface area (Å²) in [5.74, 6) is -8.25. The van der Waals surface area contributed by atoms with Gasteiger partial charge in [0.25, 0.3) is 6.23 Å². The van der Waals surface area contributed by atoms with Crippen LogP contribution in [-0.2, 0) is 28.7 Å². The van der Waals surface area contributed by atoms with E-state index in [1.807, 2.05) is 0 Å². The lowest BCUT2D eigenvalue weighted by Gasteiger charge is -2.30. The maximum atomic E-state index is 12.0. The second-order valence-electron chi connectivity index (χ2n) is 6.67. The van der Waals surface area contributed by atoms with Crippen molar-refractivity contribution < 1.29 is 74.7 Å². The van der Waals surface area contributed by atoms with Crippen LogP contribution < -0.4 is 0 Å². The Bertz CT molecular complexity index is 685. The molecule has 33 heavy (non-hydrogen) atoms. The molecule has 9 N–H and O–H groups in total. The molecule has 0 saturated heterocycles. The zero-order valence-corrected chi connectivity index (χ0v) is 17.0. The van der Waals surface area contributed by atoms with Gasteiger partial charge in [0.15, 0.2) is 6.10 Å². The highest BCUT2D eigenvalue weighted by atomic mass is 16.6. The van der Waals surface area contributed by atoms with Crippen LogP contribution in [0.1, 0.15) is 0 Å². The Kier molecular flexibility index (Phi) is 13.0. The van der Waals surface area contributed by atoms with Crippen molar-refractivity contribution >= 4 is 29.8 Å². The minimum absolute atomic E-state index is 0.486. The molecule has 0 fully saturated rings. The summed E-state index contributed by atoms with van der Waals surface area (Å²) in [4.78, 5) is 57.7. The number of hydrogen-bond donors (Lipinski definition) is 9. The minimum atomic E-state index is -2.62. The normalized spacial score (nSPS) is 16.0. The number of carboxylic acid groups (broad SMARTS) is 4. The molecule has 0 spiro atoms. The highest BCUT2D eigenvalue weighted by molar-refractivity contribution is 5.81. The van der Waals surface area contributed by atoms with Gasteiger partial charge in [-0.15, -0.1) is 0 Å². The van der Waals surface area contributed by atoms with E-state index in [-0.39, 0.29) is 0 Å². The molecule has 0 aliphatic carbocycles. The molecule has 0 aromatic heterocycles. The molecule has 0 amide bonds. The number of aliphatic hydroxyl groups excluding tert-OH is 5. The molecular weight excluding hydrogens is 460 g/mol. The smallest absolute Gasteiger partial charge is 0.360 e. The summed E-state index contributed by atoms with van der Waals surface area (Å²) in [5.41, 5.74) is 0. The molecule has 5 atom stereocenters. The largest absolute Gasteiger partial charge is 0.480 e. The van der Waals surface area contributed by atoms with Crippen molar-refractivity contribution in [3.05, 3.63) is 0 Å². The first-order chi connectivity index (χ1) is 15.2. The van der Waals surface area contributed by atoms with E-state index < -0.39 is 99.8 Å².